The Morgan fingerprint density at radius 2 is 1.58 bits per heavy atom. The van der Waals surface area contributed by atoms with E-state index in [9.17, 15) is 0 Å². The molecule has 2 aromatic carbocycles. The van der Waals surface area contributed by atoms with Crippen LogP contribution in [0.3, 0.4) is 0 Å². The molecule has 0 aliphatic heterocycles. The molecule has 3 aromatic rings. The molecule has 0 atom stereocenters. The summed E-state index contributed by atoms with van der Waals surface area (Å²) in [6.07, 6.45) is 2.89. The van der Waals surface area contributed by atoms with Gasteiger partial charge in [0.2, 0.25) is 0 Å². The first-order valence-corrected chi connectivity index (χ1v) is 9.60. The normalized spacial score (nSPS) is 10.9. The molecule has 0 fully saturated rings. The monoisotopic (exact) mass is 368 g/mol. The minimum atomic E-state index is 0.679. The number of para-hydroxylation sites is 1. The quantitative estimate of drug-likeness (QED) is 0.552. The molecule has 0 spiro atoms. The van der Waals surface area contributed by atoms with Crippen LogP contribution < -0.4 is 4.90 Å². The Morgan fingerprint density at radius 1 is 0.923 bits per heavy atom. The highest BCUT2D eigenvalue weighted by atomic mass is 35.5. The van der Waals surface area contributed by atoms with Gasteiger partial charge in [-0.25, -0.2) is 0 Å². The lowest BCUT2D eigenvalue weighted by atomic mass is 10.1. The van der Waals surface area contributed by atoms with E-state index in [-0.39, 0.29) is 0 Å². The van der Waals surface area contributed by atoms with Crippen molar-refractivity contribution in [1.29, 1.82) is 0 Å². The van der Waals surface area contributed by atoms with E-state index >= 15 is 0 Å². The van der Waals surface area contributed by atoms with Crippen LogP contribution in [0.25, 0.3) is 5.69 Å². The number of aromatic nitrogens is 3. The van der Waals surface area contributed by atoms with Gasteiger partial charge in [0, 0.05) is 19.5 Å². The lowest BCUT2D eigenvalue weighted by Gasteiger charge is -2.25. The van der Waals surface area contributed by atoms with Crippen LogP contribution in [0, 0.1) is 0 Å². The van der Waals surface area contributed by atoms with E-state index in [1.807, 2.05) is 35.0 Å². The van der Waals surface area contributed by atoms with Crippen molar-refractivity contribution < 1.29 is 0 Å². The second kappa shape index (κ2) is 8.86. The molecule has 3 rings (SSSR count). The van der Waals surface area contributed by atoms with E-state index in [0.717, 1.165) is 49.6 Å². The number of rotatable bonds is 8. The predicted octanol–water partition coefficient (Wildman–Crippen LogP) is 5.14. The number of hydrogen-bond donors (Lipinski definition) is 0. The van der Waals surface area contributed by atoms with Crippen molar-refractivity contribution in [2.75, 3.05) is 18.0 Å². The Hall–Kier alpha value is -2.33. The third kappa shape index (κ3) is 4.07. The molecule has 0 saturated carbocycles. The first kappa shape index (κ1) is 18.5. The molecule has 5 heteroatoms. The molecule has 26 heavy (non-hydrogen) atoms. The van der Waals surface area contributed by atoms with Crippen molar-refractivity contribution in [3.05, 3.63) is 70.9 Å². The Kier molecular flexibility index (Phi) is 6.29. The number of nitrogens with zero attached hydrogens (tertiary/aromatic N) is 4. The van der Waals surface area contributed by atoms with Crippen LogP contribution in [0.15, 0.2) is 54.6 Å². The van der Waals surface area contributed by atoms with E-state index in [4.69, 9.17) is 11.6 Å². The summed E-state index contributed by atoms with van der Waals surface area (Å²) in [7, 11) is 0. The summed E-state index contributed by atoms with van der Waals surface area (Å²) >= 11 is 6.45. The van der Waals surface area contributed by atoms with Gasteiger partial charge in [0.05, 0.1) is 10.7 Å². The Bertz CT molecular complexity index is 823. The van der Waals surface area contributed by atoms with E-state index < -0.39 is 0 Å². The summed E-state index contributed by atoms with van der Waals surface area (Å²) in [4.78, 5) is 2.38. The number of benzene rings is 2. The highest BCUT2D eigenvalue weighted by Crippen LogP contribution is 2.28. The van der Waals surface area contributed by atoms with E-state index in [0.29, 0.717) is 5.02 Å². The molecule has 0 radical (unpaired) electrons. The van der Waals surface area contributed by atoms with Crippen LogP contribution in [0.5, 0.6) is 0 Å². The van der Waals surface area contributed by atoms with E-state index in [1.165, 1.54) is 5.56 Å². The van der Waals surface area contributed by atoms with Crippen LogP contribution in [0.4, 0.5) is 5.82 Å². The molecule has 0 N–H and O–H groups in total. The fourth-order valence-electron chi connectivity index (χ4n) is 3.18. The maximum absolute atomic E-state index is 6.45. The molecule has 0 aliphatic carbocycles. The average molecular weight is 369 g/mol. The van der Waals surface area contributed by atoms with Gasteiger partial charge in [-0.1, -0.05) is 73.1 Å². The Balaban J connectivity index is 2.08. The third-order valence-electron chi connectivity index (χ3n) is 4.30. The van der Waals surface area contributed by atoms with Crippen LogP contribution in [0.2, 0.25) is 5.02 Å². The average Bonchev–Trinajstić information content (AvgIpc) is 3.06. The van der Waals surface area contributed by atoms with Crippen LogP contribution >= 0.6 is 11.6 Å². The molecule has 1 heterocycles. The van der Waals surface area contributed by atoms with Crippen LogP contribution in [-0.2, 0) is 6.42 Å². The number of halogens is 1. The fourth-order valence-corrected chi connectivity index (χ4v) is 3.39. The first-order chi connectivity index (χ1) is 12.7. The molecule has 0 aliphatic rings. The maximum Gasteiger partial charge on any atom is 0.156 e. The summed E-state index contributed by atoms with van der Waals surface area (Å²) in [6.45, 7) is 6.33. The summed E-state index contributed by atoms with van der Waals surface area (Å²) in [5, 5.41) is 9.67. The van der Waals surface area contributed by atoms with Gasteiger partial charge in [0.25, 0.3) is 0 Å². The second-order valence-corrected chi connectivity index (χ2v) is 6.78. The lowest BCUT2D eigenvalue weighted by Crippen LogP contribution is -2.28. The molecule has 0 saturated heterocycles. The minimum absolute atomic E-state index is 0.679. The van der Waals surface area contributed by atoms with Crippen molar-refractivity contribution in [2.24, 2.45) is 0 Å². The van der Waals surface area contributed by atoms with Crippen molar-refractivity contribution in [1.82, 2.24) is 15.0 Å². The van der Waals surface area contributed by atoms with E-state index in [2.05, 4.69) is 53.3 Å². The van der Waals surface area contributed by atoms with Crippen LogP contribution in [0.1, 0.15) is 37.9 Å². The highest BCUT2D eigenvalue weighted by Gasteiger charge is 2.21. The summed E-state index contributed by atoms with van der Waals surface area (Å²) in [6, 6.07) is 18.2. The molecule has 0 bridgehead atoms. The zero-order chi connectivity index (χ0) is 18.4. The smallest absolute Gasteiger partial charge is 0.156 e. The fraction of sp³-hybridized carbons (Fsp3) is 0.333. The van der Waals surface area contributed by atoms with Gasteiger partial charge in [-0.15, -0.1) is 5.10 Å². The first-order valence-electron chi connectivity index (χ1n) is 9.23. The topological polar surface area (TPSA) is 34.0 Å². The molecular formula is C21H25ClN4. The standard InChI is InChI=1S/C21H25ClN4/c1-3-14-25(15-4-2)21-19(16-17-10-6-5-7-11-17)23-24-26(21)20-13-9-8-12-18(20)22/h5-13H,3-4,14-16H2,1-2H3. The second-order valence-electron chi connectivity index (χ2n) is 6.37. The summed E-state index contributed by atoms with van der Waals surface area (Å²) < 4.78 is 1.89. The maximum atomic E-state index is 6.45. The highest BCUT2D eigenvalue weighted by molar-refractivity contribution is 6.32. The molecule has 0 unspecified atom stereocenters. The zero-order valence-electron chi connectivity index (χ0n) is 15.4. The van der Waals surface area contributed by atoms with Crippen molar-refractivity contribution in [3.8, 4) is 5.69 Å². The number of anilines is 1. The van der Waals surface area contributed by atoms with Crippen molar-refractivity contribution in [2.45, 2.75) is 33.1 Å². The van der Waals surface area contributed by atoms with Crippen molar-refractivity contribution >= 4 is 17.4 Å². The molecular weight excluding hydrogens is 344 g/mol. The van der Waals surface area contributed by atoms with Crippen molar-refractivity contribution in [3.63, 3.8) is 0 Å². The van der Waals surface area contributed by atoms with Gasteiger partial charge in [0.1, 0.15) is 5.69 Å². The van der Waals surface area contributed by atoms with Gasteiger partial charge >= 0.3 is 0 Å². The van der Waals surface area contributed by atoms with Gasteiger partial charge < -0.3 is 4.90 Å². The number of hydrogen-bond acceptors (Lipinski definition) is 3. The van der Waals surface area contributed by atoms with Gasteiger partial charge in [-0.3, -0.25) is 0 Å². The Labute approximate surface area is 160 Å². The minimum Gasteiger partial charge on any atom is -0.355 e. The molecule has 0 amide bonds. The lowest BCUT2D eigenvalue weighted by molar-refractivity contribution is 0.704. The summed E-state index contributed by atoms with van der Waals surface area (Å²) in [5.74, 6) is 1.05. The van der Waals surface area contributed by atoms with Gasteiger partial charge in [0.15, 0.2) is 5.82 Å². The van der Waals surface area contributed by atoms with E-state index in [1.54, 1.807) is 0 Å². The van der Waals surface area contributed by atoms with Crippen LogP contribution in [-0.4, -0.2) is 28.1 Å². The summed E-state index contributed by atoms with van der Waals surface area (Å²) in [5.41, 5.74) is 3.08. The largest absolute Gasteiger partial charge is 0.355 e. The molecule has 136 valence electrons. The Morgan fingerprint density at radius 3 is 2.23 bits per heavy atom. The molecule has 1 aromatic heterocycles. The zero-order valence-corrected chi connectivity index (χ0v) is 16.2. The predicted molar refractivity (Wildman–Crippen MR) is 108 cm³/mol. The van der Waals surface area contributed by atoms with Gasteiger partial charge in [-0.2, -0.15) is 4.68 Å². The van der Waals surface area contributed by atoms with Gasteiger partial charge in [-0.05, 0) is 30.5 Å². The third-order valence-corrected chi connectivity index (χ3v) is 4.61. The molecule has 4 nitrogen and oxygen atoms in total. The SMILES string of the molecule is CCCN(CCC)c1c(Cc2ccccc2)nnn1-c1ccccc1Cl.